The molecule has 0 spiro atoms. The molecule has 1 aliphatic carbocycles. The fraction of sp³-hybridized carbons (Fsp3) is 0.647. The number of benzene rings is 1. The minimum Gasteiger partial charge on any atom is -0.325 e. The van der Waals surface area contributed by atoms with Crippen LogP contribution in [0.25, 0.3) is 0 Å². The van der Waals surface area contributed by atoms with Gasteiger partial charge >= 0.3 is 0 Å². The van der Waals surface area contributed by atoms with E-state index in [4.69, 9.17) is 5.73 Å². The van der Waals surface area contributed by atoms with E-state index in [0.29, 0.717) is 5.92 Å². The van der Waals surface area contributed by atoms with Crippen molar-refractivity contribution in [2.24, 2.45) is 5.73 Å². The van der Waals surface area contributed by atoms with E-state index >= 15 is 0 Å². The Hall–Kier alpha value is -0.470. The van der Waals surface area contributed by atoms with E-state index in [-0.39, 0.29) is 5.54 Å². The zero-order valence-electron chi connectivity index (χ0n) is 11.7. The van der Waals surface area contributed by atoms with Gasteiger partial charge < -0.3 is 5.73 Å². The lowest BCUT2D eigenvalue weighted by Crippen LogP contribution is -2.41. The van der Waals surface area contributed by atoms with Gasteiger partial charge in [-0.05, 0) is 36.8 Å². The van der Waals surface area contributed by atoms with Gasteiger partial charge in [0, 0.05) is 16.2 Å². The fourth-order valence-corrected chi connectivity index (χ4v) is 4.96. The Morgan fingerprint density at radius 2 is 1.74 bits per heavy atom. The number of nitrogens with two attached hydrogens (primary N) is 1. The van der Waals surface area contributed by atoms with Crippen molar-refractivity contribution in [2.45, 2.75) is 67.7 Å². The molecule has 1 fully saturated rings. The Labute approximate surface area is 121 Å². The zero-order valence-corrected chi connectivity index (χ0v) is 12.6. The molecule has 1 nitrogen and oxygen atoms in total. The first kappa shape index (κ1) is 13.5. The first-order valence-corrected chi connectivity index (χ1v) is 8.76. The molecular weight excluding hydrogens is 250 g/mol. The number of hydrogen-bond acceptors (Lipinski definition) is 2. The standard InChI is InChI=1S/C17H25NS/c18-17(10-6-2-1-3-7-11-17)12-14-13-19-16-9-5-4-8-15(14)16/h4-5,8-9,14H,1-3,6-7,10-13,18H2. The second kappa shape index (κ2) is 5.88. The molecule has 2 N–H and O–H groups in total. The summed E-state index contributed by atoms with van der Waals surface area (Å²) in [6.07, 6.45) is 10.5. The number of hydrogen-bond donors (Lipinski definition) is 1. The van der Waals surface area contributed by atoms with Crippen molar-refractivity contribution < 1.29 is 0 Å². The highest BCUT2D eigenvalue weighted by Gasteiger charge is 2.32. The highest BCUT2D eigenvalue weighted by Crippen LogP contribution is 2.44. The summed E-state index contributed by atoms with van der Waals surface area (Å²) < 4.78 is 0. The SMILES string of the molecule is NC1(CC2CSc3ccccc32)CCCCCCC1. The van der Waals surface area contributed by atoms with Crippen LogP contribution in [-0.4, -0.2) is 11.3 Å². The summed E-state index contributed by atoms with van der Waals surface area (Å²) in [5.41, 5.74) is 8.41. The molecule has 1 aromatic rings. The predicted octanol–water partition coefficient (Wildman–Crippen LogP) is 4.71. The van der Waals surface area contributed by atoms with Gasteiger partial charge in [-0.3, -0.25) is 0 Å². The third-order valence-corrected chi connectivity index (χ3v) is 6.05. The molecular formula is C17H25NS. The van der Waals surface area contributed by atoms with Gasteiger partial charge in [-0.15, -0.1) is 11.8 Å². The Balaban J connectivity index is 1.70. The summed E-state index contributed by atoms with van der Waals surface area (Å²) in [6, 6.07) is 8.91. The first-order valence-electron chi connectivity index (χ1n) is 7.77. The lowest BCUT2D eigenvalue weighted by molar-refractivity contribution is 0.284. The van der Waals surface area contributed by atoms with E-state index in [1.165, 1.54) is 62.0 Å². The predicted molar refractivity (Wildman–Crippen MR) is 83.8 cm³/mol. The van der Waals surface area contributed by atoms with Crippen LogP contribution < -0.4 is 5.73 Å². The van der Waals surface area contributed by atoms with Crippen LogP contribution in [0.4, 0.5) is 0 Å². The lowest BCUT2D eigenvalue weighted by Gasteiger charge is -2.34. The third-order valence-electron chi connectivity index (χ3n) is 4.80. The largest absolute Gasteiger partial charge is 0.325 e. The van der Waals surface area contributed by atoms with Crippen LogP contribution in [0.2, 0.25) is 0 Å². The van der Waals surface area contributed by atoms with Crippen LogP contribution in [0.5, 0.6) is 0 Å². The molecule has 3 rings (SSSR count). The molecule has 1 aromatic carbocycles. The van der Waals surface area contributed by atoms with Crippen molar-refractivity contribution in [1.82, 2.24) is 0 Å². The maximum absolute atomic E-state index is 6.76. The van der Waals surface area contributed by atoms with Crippen molar-refractivity contribution in [2.75, 3.05) is 5.75 Å². The maximum atomic E-state index is 6.76. The third kappa shape index (κ3) is 3.17. The average molecular weight is 275 g/mol. The van der Waals surface area contributed by atoms with Crippen LogP contribution in [-0.2, 0) is 0 Å². The summed E-state index contributed by atoms with van der Waals surface area (Å²) in [6.45, 7) is 0. The van der Waals surface area contributed by atoms with E-state index in [0.717, 1.165) is 0 Å². The van der Waals surface area contributed by atoms with Gasteiger partial charge in [-0.1, -0.05) is 50.3 Å². The number of rotatable bonds is 2. The first-order chi connectivity index (χ1) is 9.27. The van der Waals surface area contributed by atoms with Gasteiger partial charge in [0.15, 0.2) is 0 Å². The van der Waals surface area contributed by atoms with Crippen molar-refractivity contribution in [3.8, 4) is 0 Å². The normalized spacial score (nSPS) is 26.5. The van der Waals surface area contributed by atoms with E-state index in [1.54, 1.807) is 5.56 Å². The molecule has 0 amide bonds. The van der Waals surface area contributed by atoms with Gasteiger partial charge in [0.05, 0.1) is 0 Å². The van der Waals surface area contributed by atoms with Crippen LogP contribution in [0.15, 0.2) is 29.2 Å². The molecule has 2 aliphatic rings. The molecule has 1 unspecified atom stereocenters. The van der Waals surface area contributed by atoms with Gasteiger partial charge in [0.1, 0.15) is 0 Å². The summed E-state index contributed by atoms with van der Waals surface area (Å²) in [4.78, 5) is 1.49. The average Bonchev–Trinajstić information content (AvgIpc) is 2.78. The van der Waals surface area contributed by atoms with E-state index in [2.05, 4.69) is 24.3 Å². The van der Waals surface area contributed by atoms with Gasteiger partial charge in [-0.2, -0.15) is 0 Å². The maximum Gasteiger partial charge on any atom is 0.0160 e. The zero-order chi connectivity index (χ0) is 13.1. The molecule has 0 aromatic heterocycles. The second-order valence-electron chi connectivity index (χ2n) is 6.38. The lowest BCUT2D eigenvalue weighted by atomic mass is 9.77. The van der Waals surface area contributed by atoms with Crippen molar-refractivity contribution in [3.63, 3.8) is 0 Å². The second-order valence-corrected chi connectivity index (χ2v) is 7.44. The number of fused-ring (bicyclic) bond motifs is 1. The number of thioether (sulfide) groups is 1. The van der Waals surface area contributed by atoms with Gasteiger partial charge in [-0.25, -0.2) is 0 Å². The highest BCUT2D eigenvalue weighted by molar-refractivity contribution is 7.99. The highest BCUT2D eigenvalue weighted by atomic mass is 32.2. The van der Waals surface area contributed by atoms with Crippen molar-refractivity contribution in [1.29, 1.82) is 0 Å². The Kier molecular flexibility index (Phi) is 4.18. The molecule has 2 heteroatoms. The van der Waals surface area contributed by atoms with Crippen LogP contribution in [0.3, 0.4) is 0 Å². The van der Waals surface area contributed by atoms with Crippen LogP contribution >= 0.6 is 11.8 Å². The molecule has 0 bridgehead atoms. The summed E-state index contributed by atoms with van der Waals surface area (Å²) >= 11 is 2.02. The minimum atomic E-state index is 0.100. The van der Waals surface area contributed by atoms with E-state index in [1.807, 2.05) is 11.8 Å². The van der Waals surface area contributed by atoms with E-state index in [9.17, 15) is 0 Å². The molecule has 104 valence electrons. The summed E-state index contributed by atoms with van der Waals surface area (Å²) in [5.74, 6) is 1.92. The smallest absolute Gasteiger partial charge is 0.0160 e. The molecule has 1 aliphatic heterocycles. The van der Waals surface area contributed by atoms with Crippen LogP contribution in [0, 0.1) is 0 Å². The monoisotopic (exact) mass is 275 g/mol. The quantitative estimate of drug-likeness (QED) is 0.846. The summed E-state index contributed by atoms with van der Waals surface area (Å²) in [5, 5.41) is 0. The molecule has 0 radical (unpaired) electrons. The van der Waals surface area contributed by atoms with Gasteiger partial charge in [0.25, 0.3) is 0 Å². The Bertz CT molecular complexity index is 421. The van der Waals surface area contributed by atoms with Crippen LogP contribution in [0.1, 0.15) is 62.8 Å². The van der Waals surface area contributed by atoms with Crippen molar-refractivity contribution >= 4 is 11.8 Å². The summed E-state index contributed by atoms with van der Waals surface area (Å²) in [7, 11) is 0. The van der Waals surface area contributed by atoms with Crippen molar-refractivity contribution in [3.05, 3.63) is 29.8 Å². The molecule has 1 saturated carbocycles. The molecule has 1 atom stereocenters. The minimum absolute atomic E-state index is 0.100. The topological polar surface area (TPSA) is 26.0 Å². The molecule has 19 heavy (non-hydrogen) atoms. The molecule has 0 saturated heterocycles. The molecule has 1 heterocycles. The Morgan fingerprint density at radius 3 is 2.53 bits per heavy atom. The van der Waals surface area contributed by atoms with E-state index < -0.39 is 0 Å². The Morgan fingerprint density at radius 1 is 1.05 bits per heavy atom. The van der Waals surface area contributed by atoms with Gasteiger partial charge in [0.2, 0.25) is 0 Å². The fourth-order valence-electron chi connectivity index (χ4n) is 3.70.